The number of nitrogens with zero attached hydrogens (tertiary/aromatic N) is 2. The number of benzene rings is 3. The van der Waals surface area contributed by atoms with Crippen LogP contribution in [0.15, 0.2) is 78.9 Å². The van der Waals surface area contributed by atoms with E-state index in [-0.39, 0.29) is 0 Å². The van der Waals surface area contributed by atoms with E-state index < -0.39 is 0 Å². The predicted octanol–water partition coefficient (Wildman–Crippen LogP) is 4.13. The first kappa shape index (κ1) is 19.0. The number of imidazole rings is 1. The highest BCUT2D eigenvalue weighted by Gasteiger charge is 2.29. The van der Waals surface area contributed by atoms with Gasteiger partial charge in [-0.05, 0) is 35.9 Å². The molecule has 5 heteroatoms. The van der Waals surface area contributed by atoms with Crippen molar-refractivity contribution in [1.29, 1.82) is 0 Å². The van der Waals surface area contributed by atoms with Gasteiger partial charge in [0.05, 0.1) is 23.6 Å². The number of hydrogen-bond acceptors (Lipinski definition) is 4. The van der Waals surface area contributed by atoms with E-state index in [0.717, 1.165) is 36.5 Å². The van der Waals surface area contributed by atoms with Crippen molar-refractivity contribution < 1.29 is 0 Å². The number of H-pyrrole nitrogens is 1. The molecule has 1 fully saturated rings. The molecule has 1 aromatic heterocycles. The summed E-state index contributed by atoms with van der Waals surface area (Å²) in [5.41, 5.74) is 12.8. The zero-order chi connectivity index (χ0) is 20.3. The highest BCUT2D eigenvalue weighted by Crippen LogP contribution is 2.28. The predicted molar refractivity (Wildman–Crippen MR) is 122 cm³/mol. The molecule has 30 heavy (non-hydrogen) atoms. The maximum Gasteiger partial charge on any atom is 0.121 e. The Labute approximate surface area is 177 Å². The van der Waals surface area contributed by atoms with Gasteiger partial charge in [-0.3, -0.25) is 10.3 Å². The Morgan fingerprint density at radius 2 is 1.63 bits per heavy atom. The Kier molecular flexibility index (Phi) is 5.32. The second-order valence-electron chi connectivity index (χ2n) is 8.15. The molecule has 4 aromatic rings. The van der Waals surface area contributed by atoms with Crippen LogP contribution in [0.1, 0.15) is 17.4 Å². The molecule has 0 spiro atoms. The Morgan fingerprint density at radius 3 is 2.43 bits per heavy atom. The number of para-hydroxylation sites is 2. The van der Waals surface area contributed by atoms with Gasteiger partial charge in [0.25, 0.3) is 0 Å². The third kappa shape index (κ3) is 4.00. The minimum absolute atomic E-state index is 0.299. The molecule has 1 saturated heterocycles. The maximum absolute atomic E-state index is 4.71. The summed E-state index contributed by atoms with van der Waals surface area (Å²) < 4.78 is 0. The fourth-order valence-corrected chi connectivity index (χ4v) is 4.38. The average molecular weight is 398 g/mol. The lowest BCUT2D eigenvalue weighted by Crippen LogP contribution is -2.30. The SMILES string of the molecule is CN(Cc1nc2ccccc2[nH]1)CC1CNNC1c1ccc(-c2ccccc2)cc1. The number of hydrazine groups is 1. The van der Waals surface area contributed by atoms with Gasteiger partial charge in [0.1, 0.15) is 5.82 Å². The lowest BCUT2D eigenvalue weighted by molar-refractivity contribution is 0.258. The van der Waals surface area contributed by atoms with E-state index >= 15 is 0 Å². The molecule has 5 rings (SSSR count). The molecular weight excluding hydrogens is 370 g/mol. The Balaban J connectivity index is 1.25. The van der Waals surface area contributed by atoms with Crippen LogP contribution in [0.2, 0.25) is 0 Å². The van der Waals surface area contributed by atoms with Gasteiger partial charge in [0.2, 0.25) is 0 Å². The second-order valence-corrected chi connectivity index (χ2v) is 8.15. The molecule has 1 aliphatic rings. The zero-order valence-electron chi connectivity index (χ0n) is 17.2. The number of aromatic nitrogens is 2. The summed E-state index contributed by atoms with van der Waals surface area (Å²) in [5.74, 6) is 1.50. The van der Waals surface area contributed by atoms with Crippen LogP contribution in [-0.4, -0.2) is 35.0 Å². The molecule has 2 heterocycles. The molecule has 1 aliphatic heterocycles. The van der Waals surface area contributed by atoms with Gasteiger partial charge in [0, 0.05) is 19.0 Å². The fourth-order valence-electron chi connectivity index (χ4n) is 4.38. The van der Waals surface area contributed by atoms with E-state index in [4.69, 9.17) is 4.98 Å². The van der Waals surface area contributed by atoms with Gasteiger partial charge in [-0.15, -0.1) is 0 Å². The van der Waals surface area contributed by atoms with E-state index in [0.29, 0.717) is 12.0 Å². The largest absolute Gasteiger partial charge is 0.341 e. The van der Waals surface area contributed by atoms with Crippen molar-refractivity contribution in [1.82, 2.24) is 25.7 Å². The molecule has 0 amide bonds. The van der Waals surface area contributed by atoms with E-state index in [1.807, 2.05) is 12.1 Å². The van der Waals surface area contributed by atoms with Crippen molar-refractivity contribution >= 4 is 11.0 Å². The van der Waals surface area contributed by atoms with Crippen LogP contribution in [-0.2, 0) is 6.54 Å². The summed E-state index contributed by atoms with van der Waals surface area (Å²) >= 11 is 0. The molecule has 0 saturated carbocycles. The Hall–Kier alpha value is -2.99. The third-order valence-corrected chi connectivity index (χ3v) is 5.87. The number of aromatic amines is 1. The number of rotatable bonds is 6. The van der Waals surface area contributed by atoms with Crippen LogP contribution in [0.5, 0.6) is 0 Å². The van der Waals surface area contributed by atoms with Gasteiger partial charge in [0.15, 0.2) is 0 Å². The van der Waals surface area contributed by atoms with Gasteiger partial charge in [-0.25, -0.2) is 10.4 Å². The van der Waals surface area contributed by atoms with Crippen LogP contribution in [0.3, 0.4) is 0 Å². The molecule has 0 aliphatic carbocycles. The second kappa shape index (κ2) is 8.40. The minimum Gasteiger partial charge on any atom is -0.341 e. The summed E-state index contributed by atoms with van der Waals surface area (Å²) in [6, 6.07) is 28.0. The lowest BCUT2D eigenvalue weighted by atomic mass is 9.93. The van der Waals surface area contributed by atoms with Crippen LogP contribution in [0, 0.1) is 5.92 Å². The third-order valence-electron chi connectivity index (χ3n) is 5.87. The fraction of sp³-hybridized carbons (Fsp3) is 0.240. The number of fused-ring (bicyclic) bond motifs is 1. The lowest BCUT2D eigenvalue weighted by Gasteiger charge is -2.24. The first-order valence-electron chi connectivity index (χ1n) is 10.5. The van der Waals surface area contributed by atoms with Gasteiger partial charge in [-0.2, -0.15) is 0 Å². The molecule has 0 radical (unpaired) electrons. The maximum atomic E-state index is 4.71. The highest BCUT2D eigenvalue weighted by molar-refractivity contribution is 5.74. The first-order chi connectivity index (χ1) is 14.8. The van der Waals surface area contributed by atoms with Crippen LogP contribution < -0.4 is 10.9 Å². The van der Waals surface area contributed by atoms with E-state index in [1.165, 1.54) is 16.7 Å². The van der Waals surface area contributed by atoms with Crippen molar-refractivity contribution in [3.05, 3.63) is 90.3 Å². The van der Waals surface area contributed by atoms with Crippen molar-refractivity contribution in [2.75, 3.05) is 20.1 Å². The summed E-state index contributed by atoms with van der Waals surface area (Å²) in [7, 11) is 2.17. The zero-order valence-corrected chi connectivity index (χ0v) is 17.2. The molecule has 152 valence electrons. The van der Waals surface area contributed by atoms with Gasteiger partial charge >= 0.3 is 0 Å². The molecule has 5 nitrogen and oxygen atoms in total. The number of hydrogen-bond donors (Lipinski definition) is 3. The quantitative estimate of drug-likeness (QED) is 0.458. The topological polar surface area (TPSA) is 56.0 Å². The standard InChI is InChI=1S/C25H27N5/c1-30(17-24-27-22-9-5-6-10-23(22)28-24)16-21-15-26-29-25(21)20-13-11-19(12-14-20)18-7-3-2-4-8-18/h2-14,21,25-26,29H,15-17H2,1H3,(H,27,28). The van der Waals surface area contributed by atoms with E-state index in [1.54, 1.807) is 0 Å². The van der Waals surface area contributed by atoms with Crippen LogP contribution in [0.25, 0.3) is 22.2 Å². The summed E-state index contributed by atoms with van der Waals surface area (Å²) in [4.78, 5) is 10.5. The van der Waals surface area contributed by atoms with Gasteiger partial charge < -0.3 is 4.98 Å². The van der Waals surface area contributed by atoms with Crippen molar-refractivity contribution in [3.8, 4) is 11.1 Å². The first-order valence-corrected chi connectivity index (χ1v) is 10.5. The molecule has 2 unspecified atom stereocenters. The average Bonchev–Trinajstić information content (AvgIpc) is 3.40. The summed E-state index contributed by atoms with van der Waals surface area (Å²) in [6.45, 7) is 2.75. The monoisotopic (exact) mass is 397 g/mol. The smallest absolute Gasteiger partial charge is 0.121 e. The van der Waals surface area contributed by atoms with Crippen molar-refractivity contribution in [2.45, 2.75) is 12.6 Å². The molecule has 2 atom stereocenters. The minimum atomic E-state index is 0.299. The van der Waals surface area contributed by atoms with Crippen LogP contribution in [0.4, 0.5) is 0 Å². The van der Waals surface area contributed by atoms with Crippen molar-refractivity contribution in [3.63, 3.8) is 0 Å². The Bertz CT molecular complexity index is 1070. The van der Waals surface area contributed by atoms with Crippen LogP contribution >= 0.6 is 0 Å². The van der Waals surface area contributed by atoms with Crippen molar-refractivity contribution in [2.24, 2.45) is 5.92 Å². The molecular formula is C25H27N5. The molecule has 3 N–H and O–H groups in total. The molecule has 0 bridgehead atoms. The summed E-state index contributed by atoms with van der Waals surface area (Å²) in [6.07, 6.45) is 0. The summed E-state index contributed by atoms with van der Waals surface area (Å²) in [5, 5.41) is 0. The van der Waals surface area contributed by atoms with E-state index in [2.05, 4.69) is 94.5 Å². The van der Waals surface area contributed by atoms with E-state index in [9.17, 15) is 0 Å². The Morgan fingerprint density at radius 1 is 0.900 bits per heavy atom. The normalized spacial score (nSPS) is 19.0. The highest BCUT2D eigenvalue weighted by atomic mass is 15.4. The number of nitrogens with one attached hydrogen (secondary N) is 3. The molecule has 3 aromatic carbocycles. The van der Waals surface area contributed by atoms with Gasteiger partial charge in [-0.1, -0.05) is 66.7 Å².